The van der Waals surface area contributed by atoms with Gasteiger partial charge in [-0.25, -0.2) is 9.97 Å². The summed E-state index contributed by atoms with van der Waals surface area (Å²) < 4.78 is 0. The van der Waals surface area contributed by atoms with Crippen molar-refractivity contribution in [2.24, 2.45) is 5.92 Å². The van der Waals surface area contributed by atoms with Crippen LogP contribution in [-0.4, -0.2) is 48.1 Å². The van der Waals surface area contributed by atoms with Crippen LogP contribution < -0.4 is 15.5 Å². The quantitative estimate of drug-likeness (QED) is 0.764. The molecule has 0 saturated carbocycles. The number of likely N-dealkylation sites (N-methyl/N-ethyl adjacent to an activating group) is 1. The first-order valence-corrected chi connectivity index (χ1v) is 10.3. The molecule has 2 aromatic heterocycles. The first-order chi connectivity index (χ1) is 12.5. The summed E-state index contributed by atoms with van der Waals surface area (Å²) in [7, 11) is 0. The van der Waals surface area contributed by atoms with Crippen LogP contribution in [0.4, 0.5) is 5.82 Å². The number of amides is 1. The summed E-state index contributed by atoms with van der Waals surface area (Å²) in [6.45, 7) is 11.8. The smallest absolute Gasteiger partial charge is 0.223 e. The number of fused-ring (bicyclic) bond motifs is 1. The molecule has 1 atom stereocenters. The zero-order valence-corrected chi connectivity index (χ0v) is 18.2. The van der Waals surface area contributed by atoms with Gasteiger partial charge in [0.1, 0.15) is 17.0 Å². The lowest BCUT2D eigenvalue weighted by atomic mass is 9.95. The molecule has 2 N–H and O–H groups in total. The second-order valence-corrected chi connectivity index (χ2v) is 8.33. The van der Waals surface area contributed by atoms with Crippen LogP contribution >= 0.6 is 23.7 Å². The van der Waals surface area contributed by atoms with E-state index in [-0.39, 0.29) is 24.2 Å². The van der Waals surface area contributed by atoms with Gasteiger partial charge in [0.25, 0.3) is 0 Å². The molecule has 1 fully saturated rings. The Bertz CT molecular complexity index is 773. The van der Waals surface area contributed by atoms with E-state index in [1.165, 1.54) is 15.8 Å². The number of rotatable bonds is 6. The van der Waals surface area contributed by atoms with Crippen molar-refractivity contribution in [2.45, 2.75) is 46.6 Å². The predicted molar refractivity (Wildman–Crippen MR) is 115 cm³/mol. The fourth-order valence-electron chi connectivity index (χ4n) is 3.58. The molecule has 3 rings (SSSR count). The first-order valence-electron chi connectivity index (χ1n) is 9.48. The summed E-state index contributed by atoms with van der Waals surface area (Å²) in [6, 6.07) is 0.308. The third-order valence-corrected chi connectivity index (χ3v) is 6.36. The van der Waals surface area contributed by atoms with Crippen LogP contribution in [0, 0.1) is 19.8 Å². The van der Waals surface area contributed by atoms with Crippen molar-refractivity contribution in [3.8, 4) is 0 Å². The average molecular weight is 412 g/mol. The first kappa shape index (κ1) is 21.9. The van der Waals surface area contributed by atoms with Crippen LogP contribution in [0.15, 0.2) is 6.33 Å². The molecule has 1 aliphatic rings. The number of aryl methyl sites for hydroxylation is 2. The van der Waals surface area contributed by atoms with E-state index in [9.17, 15) is 4.79 Å². The van der Waals surface area contributed by atoms with E-state index in [2.05, 4.69) is 53.2 Å². The largest absolute Gasteiger partial charge is 0.356 e. The van der Waals surface area contributed by atoms with Crippen LogP contribution in [0.25, 0.3) is 10.2 Å². The maximum atomic E-state index is 12.4. The van der Waals surface area contributed by atoms with Crippen LogP contribution in [-0.2, 0) is 4.79 Å². The molecule has 27 heavy (non-hydrogen) atoms. The third-order valence-electron chi connectivity index (χ3n) is 5.25. The normalized spacial score (nSPS) is 16.2. The van der Waals surface area contributed by atoms with Crippen molar-refractivity contribution < 1.29 is 4.79 Å². The van der Waals surface area contributed by atoms with Crippen molar-refractivity contribution in [3.05, 3.63) is 16.8 Å². The highest BCUT2D eigenvalue weighted by Gasteiger charge is 2.27. The number of anilines is 1. The van der Waals surface area contributed by atoms with Gasteiger partial charge in [0, 0.05) is 36.5 Å². The van der Waals surface area contributed by atoms with Gasteiger partial charge in [0.05, 0.1) is 5.39 Å². The number of carbonyl (C=O) groups is 1. The van der Waals surface area contributed by atoms with Gasteiger partial charge < -0.3 is 15.5 Å². The summed E-state index contributed by atoms with van der Waals surface area (Å²) in [6.07, 6.45) is 3.40. The van der Waals surface area contributed by atoms with Gasteiger partial charge in [0.2, 0.25) is 5.91 Å². The topological polar surface area (TPSA) is 70.2 Å². The average Bonchev–Trinajstić information content (AvgIpc) is 2.94. The number of nitrogens with zero attached hydrogens (tertiary/aromatic N) is 3. The maximum absolute atomic E-state index is 12.4. The van der Waals surface area contributed by atoms with Crippen molar-refractivity contribution in [3.63, 3.8) is 0 Å². The summed E-state index contributed by atoms with van der Waals surface area (Å²) in [5.41, 5.74) is 1.28. The fourth-order valence-corrected chi connectivity index (χ4v) is 4.57. The molecule has 1 aliphatic heterocycles. The highest BCUT2D eigenvalue weighted by molar-refractivity contribution is 7.18. The SMILES string of the molecule is CCN[C@H](C)CNC(=O)C1CCN(c2ncnc3sc(C)c(C)c23)CC1.Cl. The van der Waals surface area contributed by atoms with Gasteiger partial charge in [-0.3, -0.25) is 4.79 Å². The molecule has 0 bridgehead atoms. The Kier molecular flexibility index (Phi) is 7.82. The Labute approximate surface area is 171 Å². The molecular weight excluding hydrogens is 382 g/mol. The van der Waals surface area contributed by atoms with E-state index in [0.717, 1.165) is 43.1 Å². The second kappa shape index (κ2) is 9.66. The zero-order valence-electron chi connectivity index (χ0n) is 16.5. The highest BCUT2D eigenvalue weighted by Crippen LogP contribution is 2.35. The molecule has 0 spiro atoms. The van der Waals surface area contributed by atoms with Gasteiger partial charge in [-0.1, -0.05) is 6.92 Å². The lowest BCUT2D eigenvalue weighted by Crippen LogP contribution is -2.44. The minimum atomic E-state index is 0. The Morgan fingerprint density at radius 3 is 2.70 bits per heavy atom. The van der Waals surface area contributed by atoms with Crippen molar-refractivity contribution in [1.29, 1.82) is 0 Å². The highest BCUT2D eigenvalue weighted by atomic mass is 35.5. The van der Waals surface area contributed by atoms with E-state index in [1.807, 2.05) is 0 Å². The van der Waals surface area contributed by atoms with E-state index < -0.39 is 0 Å². The van der Waals surface area contributed by atoms with Crippen LogP contribution in [0.5, 0.6) is 0 Å². The van der Waals surface area contributed by atoms with Gasteiger partial charge in [0.15, 0.2) is 0 Å². The van der Waals surface area contributed by atoms with Gasteiger partial charge in [-0.15, -0.1) is 23.7 Å². The van der Waals surface area contributed by atoms with Gasteiger partial charge in [-0.05, 0) is 45.7 Å². The van der Waals surface area contributed by atoms with Crippen molar-refractivity contribution in [1.82, 2.24) is 20.6 Å². The minimum Gasteiger partial charge on any atom is -0.356 e. The molecule has 6 nitrogen and oxygen atoms in total. The number of piperidine rings is 1. The number of hydrogen-bond donors (Lipinski definition) is 2. The molecule has 1 saturated heterocycles. The standard InChI is InChI=1S/C19H29N5OS.ClH/c1-5-20-12(2)10-21-18(25)15-6-8-24(9-7-15)17-16-13(3)14(4)26-19(16)23-11-22-17;/h11-12,15,20H,5-10H2,1-4H3,(H,21,25);1H/t12-;/m1./s1. The number of nitrogens with one attached hydrogen (secondary N) is 2. The molecule has 150 valence electrons. The molecule has 2 aromatic rings. The molecule has 0 radical (unpaired) electrons. The van der Waals surface area contributed by atoms with Crippen molar-refractivity contribution >= 4 is 45.7 Å². The summed E-state index contributed by atoms with van der Waals surface area (Å²) in [5, 5.41) is 7.59. The molecule has 0 aliphatic carbocycles. The Morgan fingerprint density at radius 1 is 1.33 bits per heavy atom. The predicted octanol–water partition coefficient (Wildman–Crippen LogP) is 3.06. The number of halogens is 1. The maximum Gasteiger partial charge on any atom is 0.223 e. The monoisotopic (exact) mass is 411 g/mol. The van der Waals surface area contributed by atoms with E-state index in [4.69, 9.17) is 0 Å². The summed E-state index contributed by atoms with van der Waals surface area (Å²) >= 11 is 1.73. The lowest BCUT2D eigenvalue weighted by Gasteiger charge is -2.32. The molecule has 0 aromatic carbocycles. The number of carbonyl (C=O) groups excluding carboxylic acids is 1. The molecule has 8 heteroatoms. The molecular formula is C19H30ClN5OS. The van der Waals surface area contributed by atoms with Gasteiger partial charge in [-0.2, -0.15) is 0 Å². The van der Waals surface area contributed by atoms with Crippen molar-refractivity contribution in [2.75, 3.05) is 31.1 Å². The lowest BCUT2D eigenvalue weighted by molar-refractivity contribution is -0.125. The fraction of sp³-hybridized carbons (Fsp3) is 0.632. The zero-order chi connectivity index (χ0) is 18.7. The Morgan fingerprint density at radius 2 is 2.04 bits per heavy atom. The van der Waals surface area contributed by atoms with E-state index in [0.29, 0.717) is 12.6 Å². The number of hydrogen-bond acceptors (Lipinski definition) is 6. The van der Waals surface area contributed by atoms with E-state index in [1.54, 1.807) is 17.7 Å². The summed E-state index contributed by atoms with van der Waals surface area (Å²) in [5.74, 6) is 1.31. The Hall–Kier alpha value is -1.44. The Balaban J connectivity index is 0.00000261. The number of aromatic nitrogens is 2. The number of thiophene rings is 1. The van der Waals surface area contributed by atoms with Crippen LogP contribution in [0.1, 0.15) is 37.1 Å². The van der Waals surface area contributed by atoms with Crippen LogP contribution in [0.3, 0.4) is 0 Å². The minimum absolute atomic E-state index is 0. The molecule has 3 heterocycles. The van der Waals surface area contributed by atoms with Crippen LogP contribution in [0.2, 0.25) is 0 Å². The summed E-state index contributed by atoms with van der Waals surface area (Å²) in [4.78, 5) is 26.1. The molecule has 0 unspecified atom stereocenters. The molecule has 1 amide bonds. The third kappa shape index (κ3) is 4.89. The second-order valence-electron chi connectivity index (χ2n) is 7.13. The van der Waals surface area contributed by atoms with E-state index >= 15 is 0 Å². The van der Waals surface area contributed by atoms with Gasteiger partial charge >= 0.3 is 0 Å².